The molecule has 0 saturated carbocycles. The Hall–Kier alpha value is -1.43. The van der Waals surface area contributed by atoms with E-state index in [1.807, 2.05) is 13.8 Å². The predicted octanol–water partition coefficient (Wildman–Crippen LogP) is 1.68. The fourth-order valence-electron chi connectivity index (χ4n) is 2.80. The van der Waals surface area contributed by atoms with E-state index >= 15 is 0 Å². The number of nitrogens with zero attached hydrogens (tertiary/aromatic N) is 2. The maximum Gasteiger partial charge on any atom is 0.252 e. The van der Waals surface area contributed by atoms with Crippen molar-refractivity contribution < 1.29 is 14.6 Å². The third kappa shape index (κ3) is 5.89. The topological polar surface area (TPSA) is 53.0 Å². The van der Waals surface area contributed by atoms with E-state index in [1.165, 1.54) is 11.1 Å². The van der Waals surface area contributed by atoms with Crippen LogP contribution in [0.5, 0.6) is 0 Å². The van der Waals surface area contributed by atoms with E-state index in [9.17, 15) is 9.90 Å². The van der Waals surface area contributed by atoms with Gasteiger partial charge in [0, 0.05) is 33.7 Å². The van der Waals surface area contributed by atoms with Gasteiger partial charge in [-0.2, -0.15) is 0 Å². The molecule has 134 valence electrons. The van der Waals surface area contributed by atoms with Gasteiger partial charge in [0.25, 0.3) is 5.91 Å². The molecule has 5 nitrogen and oxygen atoms in total. The lowest BCUT2D eigenvalue weighted by Gasteiger charge is -2.33. The van der Waals surface area contributed by atoms with E-state index in [0.29, 0.717) is 13.2 Å². The fourth-order valence-corrected chi connectivity index (χ4v) is 2.80. The molecule has 1 aromatic carbocycles. The first-order chi connectivity index (χ1) is 11.2. The van der Waals surface area contributed by atoms with Gasteiger partial charge in [-0.1, -0.05) is 24.3 Å². The lowest BCUT2D eigenvalue weighted by molar-refractivity contribution is -0.147. The molecule has 1 saturated heterocycles. The van der Waals surface area contributed by atoms with E-state index in [2.05, 4.69) is 29.2 Å². The predicted molar refractivity (Wildman–Crippen MR) is 94.8 cm³/mol. The SMILES string of the molecule is CN(C)C(=O)[C@H]1CN(Cc2ccc(CCC(C)(C)O)cc2)CCO1. The van der Waals surface area contributed by atoms with Gasteiger partial charge in [0.15, 0.2) is 0 Å². The molecule has 1 aromatic rings. The highest BCUT2D eigenvalue weighted by molar-refractivity contribution is 5.80. The molecule has 0 unspecified atom stereocenters. The number of carbonyl (C=O) groups is 1. The number of rotatable bonds is 6. The van der Waals surface area contributed by atoms with Gasteiger partial charge in [-0.15, -0.1) is 0 Å². The zero-order chi connectivity index (χ0) is 17.7. The maximum absolute atomic E-state index is 12.0. The van der Waals surface area contributed by atoms with Crippen LogP contribution in [0, 0.1) is 0 Å². The van der Waals surface area contributed by atoms with Crippen molar-refractivity contribution in [2.45, 2.75) is 44.9 Å². The van der Waals surface area contributed by atoms with E-state index in [4.69, 9.17) is 4.74 Å². The van der Waals surface area contributed by atoms with Crippen LogP contribution in [0.25, 0.3) is 0 Å². The standard InChI is InChI=1S/C19H30N2O3/c1-19(2,23)10-9-15-5-7-16(8-6-15)13-21-11-12-24-17(14-21)18(22)20(3)4/h5-8,17,23H,9-14H2,1-4H3/t17-/m1/s1. The van der Waals surface area contributed by atoms with Gasteiger partial charge in [0.1, 0.15) is 6.10 Å². The number of likely N-dealkylation sites (N-methyl/N-ethyl adjacent to an activating group) is 1. The van der Waals surface area contributed by atoms with Crippen LogP contribution >= 0.6 is 0 Å². The Morgan fingerprint density at radius 3 is 2.50 bits per heavy atom. The van der Waals surface area contributed by atoms with Crippen molar-refractivity contribution in [3.05, 3.63) is 35.4 Å². The van der Waals surface area contributed by atoms with Crippen LogP contribution in [0.3, 0.4) is 0 Å². The van der Waals surface area contributed by atoms with Crippen LogP contribution in [-0.4, -0.2) is 66.3 Å². The zero-order valence-corrected chi connectivity index (χ0v) is 15.3. The number of aliphatic hydroxyl groups is 1. The molecule has 1 heterocycles. The molecule has 1 amide bonds. The van der Waals surface area contributed by atoms with Crippen molar-refractivity contribution >= 4 is 5.91 Å². The third-order valence-electron chi connectivity index (χ3n) is 4.32. The molecule has 5 heteroatoms. The van der Waals surface area contributed by atoms with E-state index < -0.39 is 5.60 Å². The molecule has 1 aliphatic rings. The lowest BCUT2D eigenvalue weighted by Crippen LogP contribution is -2.49. The number of aryl methyl sites for hydroxylation is 1. The monoisotopic (exact) mass is 334 g/mol. The van der Waals surface area contributed by atoms with E-state index in [0.717, 1.165) is 25.9 Å². The second-order valence-electron chi connectivity index (χ2n) is 7.46. The van der Waals surface area contributed by atoms with Gasteiger partial charge >= 0.3 is 0 Å². The summed E-state index contributed by atoms with van der Waals surface area (Å²) in [6, 6.07) is 8.53. The number of morpholine rings is 1. The maximum atomic E-state index is 12.0. The van der Waals surface area contributed by atoms with Crippen LogP contribution in [0.4, 0.5) is 0 Å². The summed E-state index contributed by atoms with van der Waals surface area (Å²) in [6.45, 7) is 6.58. The van der Waals surface area contributed by atoms with Gasteiger partial charge in [0.2, 0.25) is 0 Å². The first kappa shape index (κ1) is 18.9. The summed E-state index contributed by atoms with van der Waals surface area (Å²) in [4.78, 5) is 15.9. The molecule has 1 N–H and O–H groups in total. The molecule has 1 fully saturated rings. The van der Waals surface area contributed by atoms with Crippen LogP contribution in [0.1, 0.15) is 31.4 Å². The Kier molecular flexibility index (Phi) is 6.38. The average Bonchev–Trinajstić information content (AvgIpc) is 2.53. The molecule has 1 aliphatic heterocycles. The van der Waals surface area contributed by atoms with Crippen molar-refractivity contribution in [1.29, 1.82) is 0 Å². The van der Waals surface area contributed by atoms with Crippen LogP contribution in [-0.2, 0) is 22.5 Å². The molecular formula is C19H30N2O3. The quantitative estimate of drug-likeness (QED) is 0.860. The minimum Gasteiger partial charge on any atom is -0.390 e. The molecule has 0 aliphatic carbocycles. The molecule has 0 radical (unpaired) electrons. The highest BCUT2D eigenvalue weighted by Gasteiger charge is 2.27. The second-order valence-corrected chi connectivity index (χ2v) is 7.46. The Bertz CT molecular complexity index is 535. The van der Waals surface area contributed by atoms with Crippen LogP contribution in [0.2, 0.25) is 0 Å². The first-order valence-electron chi connectivity index (χ1n) is 8.60. The van der Waals surface area contributed by atoms with E-state index in [1.54, 1.807) is 19.0 Å². The van der Waals surface area contributed by atoms with Crippen molar-refractivity contribution in [2.24, 2.45) is 0 Å². The van der Waals surface area contributed by atoms with Gasteiger partial charge in [-0.05, 0) is 37.8 Å². The van der Waals surface area contributed by atoms with Crippen molar-refractivity contribution in [3.8, 4) is 0 Å². The molecule has 1 atom stereocenters. The Morgan fingerprint density at radius 1 is 1.29 bits per heavy atom. The minimum atomic E-state index is -0.625. The van der Waals surface area contributed by atoms with Gasteiger partial charge < -0.3 is 14.7 Å². The average molecular weight is 334 g/mol. The minimum absolute atomic E-state index is 0.0293. The Labute approximate surface area is 145 Å². The highest BCUT2D eigenvalue weighted by atomic mass is 16.5. The third-order valence-corrected chi connectivity index (χ3v) is 4.32. The van der Waals surface area contributed by atoms with E-state index in [-0.39, 0.29) is 12.0 Å². The largest absolute Gasteiger partial charge is 0.390 e. The molecule has 24 heavy (non-hydrogen) atoms. The zero-order valence-electron chi connectivity index (χ0n) is 15.3. The molecule has 0 bridgehead atoms. The number of ether oxygens (including phenoxy) is 1. The second kappa shape index (κ2) is 8.10. The number of carbonyl (C=O) groups excluding carboxylic acids is 1. The lowest BCUT2D eigenvalue weighted by atomic mass is 9.98. The fraction of sp³-hybridized carbons (Fsp3) is 0.632. The summed E-state index contributed by atoms with van der Waals surface area (Å²) in [6.07, 6.45) is 1.27. The van der Waals surface area contributed by atoms with Crippen LogP contribution < -0.4 is 0 Å². The molecule has 0 aromatic heterocycles. The van der Waals surface area contributed by atoms with Gasteiger partial charge in [-0.3, -0.25) is 9.69 Å². The van der Waals surface area contributed by atoms with Gasteiger partial charge in [-0.25, -0.2) is 0 Å². The summed E-state index contributed by atoms with van der Waals surface area (Å²) >= 11 is 0. The summed E-state index contributed by atoms with van der Waals surface area (Å²) in [5.41, 5.74) is 1.85. The van der Waals surface area contributed by atoms with Crippen molar-refractivity contribution in [2.75, 3.05) is 33.8 Å². The Morgan fingerprint density at radius 2 is 1.92 bits per heavy atom. The van der Waals surface area contributed by atoms with Crippen molar-refractivity contribution in [3.63, 3.8) is 0 Å². The number of hydrogen-bond acceptors (Lipinski definition) is 4. The molecular weight excluding hydrogens is 304 g/mol. The summed E-state index contributed by atoms with van der Waals surface area (Å²) < 4.78 is 5.60. The Balaban J connectivity index is 1.88. The summed E-state index contributed by atoms with van der Waals surface area (Å²) in [5, 5.41) is 9.81. The molecule has 2 rings (SSSR count). The number of hydrogen-bond donors (Lipinski definition) is 1. The van der Waals surface area contributed by atoms with Crippen molar-refractivity contribution in [1.82, 2.24) is 9.80 Å². The van der Waals surface area contributed by atoms with Crippen LogP contribution in [0.15, 0.2) is 24.3 Å². The normalized spacial score (nSPS) is 19.3. The highest BCUT2D eigenvalue weighted by Crippen LogP contribution is 2.16. The first-order valence-corrected chi connectivity index (χ1v) is 8.60. The summed E-state index contributed by atoms with van der Waals surface area (Å²) in [7, 11) is 3.52. The smallest absolute Gasteiger partial charge is 0.252 e. The number of amides is 1. The number of benzene rings is 1. The van der Waals surface area contributed by atoms with Gasteiger partial charge in [0.05, 0.1) is 12.2 Å². The molecule has 0 spiro atoms. The summed E-state index contributed by atoms with van der Waals surface area (Å²) in [5.74, 6) is 0.0293.